The Balaban J connectivity index is 0.00000193. The van der Waals surface area contributed by atoms with E-state index >= 15 is 0 Å². The Labute approximate surface area is 226 Å². The number of hydrogen-bond donors (Lipinski definition) is 0. The third kappa shape index (κ3) is 5.57. The summed E-state index contributed by atoms with van der Waals surface area (Å²) in [6, 6.07) is 18.5. The van der Waals surface area contributed by atoms with Gasteiger partial charge in [-0.05, 0) is 0 Å². The van der Waals surface area contributed by atoms with Crippen molar-refractivity contribution in [3.05, 3.63) is 82.1 Å². The molecule has 0 fully saturated rings. The molecule has 0 bridgehead atoms. The van der Waals surface area contributed by atoms with Gasteiger partial charge in [0, 0.05) is 0 Å². The first-order chi connectivity index (χ1) is 14.8. The molecular weight excluding hydrogens is 559 g/mol. The summed E-state index contributed by atoms with van der Waals surface area (Å²) >= 11 is -0.806. The zero-order valence-electron chi connectivity index (χ0n) is 20.6. The van der Waals surface area contributed by atoms with Crippen LogP contribution in [0.4, 0.5) is 0 Å². The maximum Gasteiger partial charge on any atom is -1.00 e. The van der Waals surface area contributed by atoms with E-state index < -0.39 is 39.9 Å². The molecule has 0 saturated heterocycles. The molecule has 2 aliphatic carbocycles. The second-order valence-electron chi connectivity index (χ2n) is 10.0. The first-order valence-corrected chi connectivity index (χ1v) is 20.5. The van der Waals surface area contributed by atoms with Gasteiger partial charge in [0.1, 0.15) is 0 Å². The van der Waals surface area contributed by atoms with Gasteiger partial charge in [0.2, 0.25) is 0 Å². The Morgan fingerprint density at radius 3 is 2.36 bits per heavy atom. The Hall–Kier alpha value is -0.353. The van der Waals surface area contributed by atoms with Gasteiger partial charge in [-0.2, -0.15) is 0 Å². The second kappa shape index (κ2) is 11.6. The van der Waals surface area contributed by atoms with Gasteiger partial charge in [0.05, 0.1) is 0 Å². The van der Waals surface area contributed by atoms with Gasteiger partial charge >= 0.3 is 203 Å². The molecule has 0 spiro atoms. The molecule has 2 unspecified atom stereocenters. The molecule has 0 amide bonds. The van der Waals surface area contributed by atoms with E-state index in [1.807, 2.05) is 0 Å². The topological polar surface area (TPSA) is 9.23 Å². The Bertz CT molecular complexity index is 1070. The molecule has 0 saturated carbocycles. The average molecular weight is 594 g/mol. The predicted molar refractivity (Wildman–Crippen MR) is 138 cm³/mol. The van der Waals surface area contributed by atoms with Gasteiger partial charge in [-0.3, -0.25) is 0 Å². The first kappa shape index (κ1) is 28.9. The molecule has 0 radical (unpaired) electrons. The molecule has 33 heavy (non-hydrogen) atoms. The maximum absolute atomic E-state index is 6.33. The van der Waals surface area contributed by atoms with Crippen molar-refractivity contribution in [3.8, 4) is 0 Å². The standard InChI is InChI=1S/C25H31OSi2.C2H4.2ClH.Zr/c1-27(2)25-23(16-17-26-28(3,4)5)20-12-8-9-13-21(20)24(25)22-15-14-18-10-6-7-11-19(18)22;1-2;;;/h6-15,24,27H,16-17H2,1-5H3;1H,2H3;2*1H;/q;;;;+2/p-2. The van der Waals surface area contributed by atoms with Crippen LogP contribution in [0.2, 0.25) is 32.7 Å². The molecule has 2 atom stereocenters. The fourth-order valence-corrected chi connectivity index (χ4v) is 12.4. The van der Waals surface area contributed by atoms with Gasteiger partial charge in [-0.25, -0.2) is 0 Å². The van der Waals surface area contributed by atoms with Crippen molar-refractivity contribution in [2.45, 2.75) is 55.1 Å². The van der Waals surface area contributed by atoms with E-state index in [2.05, 4.69) is 104 Å². The predicted octanol–water partition coefficient (Wildman–Crippen LogP) is 0.640. The molecule has 2 aliphatic rings. The van der Waals surface area contributed by atoms with Crippen LogP contribution in [0.1, 0.15) is 41.5 Å². The van der Waals surface area contributed by atoms with Gasteiger partial charge in [0.15, 0.2) is 0 Å². The van der Waals surface area contributed by atoms with E-state index in [1.54, 1.807) is 21.9 Å². The van der Waals surface area contributed by atoms with Crippen molar-refractivity contribution in [2.75, 3.05) is 6.61 Å². The minimum absolute atomic E-state index is 0. The zero-order chi connectivity index (χ0) is 22.2. The SMILES string of the molecule is C[CH]=[Zr+2][C]1(C2C([SiH](C)C)=C(CCO[Si](C)(C)C)c3ccccc32)C=Cc2ccccc21.[Cl-].[Cl-]. The van der Waals surface area contributed by atoms with E-state index in [9.17, 15) is 0 Å². The minimum atomic E-state index is -1.51. The van der Waals surface area contributed by atoms with Crippen LogP contribution in [-0.4, -0.2) is 27.4 Å². The fraction of sp³-hybridized carbons (Fsp3) is 0.370. The number of rotatable bonds is 7. The first-order valence-electron chi connectivity index (χ1n) is 11.6. The zero-order valence-corrected chi connectivity index (χ0v) is 26.7. The third-order valence-electron chi connectivity index (χ3n) is 6.54. The summed E-state index contributed by atoms with van der Waals surface area (Å²) in [5.74, 6) is 0.514. The summed E-state index contributed by atoms with van der Waals surface area (Å²) in [6.07, 6.45) is 6.07. The van der Waals surface area contributed by atoms with E-state index in [0.717, 1.165) is 13.0 Å². The number of halogens is 2. The molecule has 2 aromatic carbocycles. The minimum Gasteiger partial charge on any atom is -1.00 e. The van der Waals surface area contributed by atoms with E-state index in [1.165, 1.54) is 11.1 Å². The van der Waals surface area contributed by atoms with Crippen molar-refractivity contribution in [2.24, 2.45) is 0 Å². The quantitative estimate of drug-likeness (QED) is 0.429. The third-order valence-corrected chi connectivity index (χ3v) is 13.2. The van der Waals surface area contributed by atoms with Gasteiger partial charge in [-0.1, -0.05) is 0 Å². The Morgan fingerprint density at radius 1 is 1.03 bits per heavy atom. The smallest absolute Gasteiger partial charge is 1.00 e. The van der Waals surface area contributed by atoms with Gasteiger partial charge in [-0.15, -0.1) is 0 Å². The van der Waals surface area contributed by atoms with Crippen molar-refractivity contribution >= 4 is 32.5 Å². The normalized spacial score (nSPS) is 21.0. The summed E-state index contributed by atoms with van der Waals surface area (Å²) in [4.78, 5) is 0. The molecule has 6 heteroatoms. The number of fused-ring (bicyclic) bond motifs is 2. The summed E-state index contributed by atoms with van der Waals surface area (Å²) in [5, 5.41) is 1.80. The van der Waals surface area contributed by atoms with Crippen molar-refractivity contribution in [1.29, 1.82) is 0 Å². The van der Waals surface area contributed by atoms with Crippen LogP contribution in [0.5, 0.6) is 0 Å². The molecule has 175 valence electrons. The van der Waals surface area contributed by atoms with Crippen LogP contribution in [0.25, 0.3) is 11.6 Å². The molecule has 2 aromatic rings. The van der Waals surface area contributed by atoms with Crippen LogP contribution in [0.15, 0.2) is 59.8 Å². The molecule has 0 aromatic heterocycles. The maximum atomic E-state index is 6.33. The van der Waals surface area contributed by atoms with Crippen molar-refractivity contribution in [1.82, 2.24) is 0 Å². The molecule has 4 rings (SSSR count). The Morgan fingerprint density at radius 2 is 1.70 bits per heavy atom. The van der Waals surface area contributed by atoms with E-state index in [4.69, 9.17) is 4.43 Å². The number of benzene rings is 2. The molecular formula is C27H35Cl2OSi2Zr. The largest absolute Gasteiger partial charge is 1.00 e. The molecule has 1 nitrogen and oxygen atoms in total. The van der Waals surface area contributed by atoms with Crippen LogP contribution >= 0.6 is 0 Å². The summed E-state index contributed by atoms with van der Waals surface area (Å²) in [6.45, 7) is 15.1. The monoisotopic (exact) mass is 591 g/mol. The van der Waals surface area contributed by atoms with E-state index in [0.29, 0.717) is 5.92 Å². The Kier molecular flexibility index (Phi) is 10.1. The van der Waals surface area contributed by atoms with Crippen LogP contribution in [0, 0.1) is 0 Å². The summed E-state index contributed by atoms with van der Waals surface area (Å²) in [7, 11) is -2.54. The van der Waals surface area contributed by atoms with Gasteiger partial charge < -0.3 is 24.8 Å². The van der Waals surface area contributed by atoms with Crippen molar-refractivity contribution in [3.63, 3.8) is 0 Å². The molecule has 0 N–H and O–H groups in total. The van der Waals surface area contributed by atoms with Crippen LogP contribution in [-0.2, 0) is 30.3 Å². The summed E-state index contributed by atoms with van der Waals surface area (Å²) in [5.41, 5.74) is 7.71. The molecule has 0 heterocycles. The van der Waals surface area contributed by atoms with Gasteiger partial charge in [0.25, 0.3) is 0 Å². The van der Waals surface area contributed by atoms with Crippen LogP contribution < -0.4 is 24.8 Å². The van der Waals surface area contributed by atoms with Crippen LogP contribution in [0.3, 0.4) is 0 Å². The summed E-state index contributed by atoms with van der Waals surface area (Å²) < 4.78 is 9.07. The average Bonchev–Trinajstić information content (AvgIpc) is 3.25. The van der Waals surface area contributed by atoms with Crippen molar-refractivity contribution < 1.29 is 52.0 Å². The fourth-order valence-electron chi connectivity index (χ4n) is 5.46. The molecule has 0 aliphatic heterocycles. The second-order valence-corrected chi connectivity index (χ2v) is 21.6. The van der Waals surface area contributed by atoms with E-state index in [-0.39, 0.29) is 27.9 Å². The number of hydrogen-bond acceptors (Lipinski definition) is 1. The number of allylic oxidation sites excluding steroid dienone is 2.